The molecule has 1 N–H and O–H groups in total. The Morgan fingerprint density at radius 3 is 2.53 bits per heavy atom. The van der Waals surface area contributed by atoms with Crippen LogP contribution in [0.4, 0.5) is 0 Å². The van der Waals surface area contributed by atoms with Gasteiger partial charge in [0.1, 0.15) is 0 Å². The predicted molar refractivity (Wildman–Crippen MR) is 65.0 cm³/mol. The highest BCUT2D eigenvalue weighted by Gasteiger charge is 2.21. The summed E-state index contributed by atoms with van der Waals surface area (Å²) in [6.45, 7) is 0. The number of aromatic nitrogens is 1. The number of rotatable bonds is 3. The number of Topliss-reactive ketones (excluding diaryl/α,β-unsaturated/α-hetero) is 1. The molecule has 0 amide bonds. The first-order valence-corrected chi connectivity index (χ1v) is 5.45. The summed E-state index contributed by atoms with van der Waals surface area (Å²) in [5, 5.41) is 10.2. The molecule has 0 fully saturated rings. The number of aliphatic hydroxyl groups is 1. The van der Waals surface area contributed by atoms with E-state index in [-0.39, 0.29) is 0 Å². The number of pyridine rings is 1. The molecule has 0 bridgehead atoms. The highest BCUT2D eigenvalue weighted by atomic mass is 35.5. The van der Waals surface area contributed by atoms with Gasteiger partial charge in [-0.3, -0.25) is 9.78 Å². The van der Waals surface area contributed by atoms with Gasteiger partial charge in [-0.2, -0.15) is 0 Å². The number of carbonyl (C=O) groups is 1. The predicted octanol–water partition coefficient (Wildman–Crippen LogP) is 2.65. The van der Waals surface area contributed by atoms with Crippen LogP contribution in [0, 0.1) is 0 Å². The highest BCUT2D eigenvalue weighted by molar-refractivity contribution is 6.34. The third-order valence-corrected chi connectivity index (χ3v) is 2.69. The average Bonchev–Trinajstić information content (AvgIpc) is 2.39. The van der Waals surface area contributed by atoms with Gasteiger partial charge in [0.2, 0.25) is 0 Å². The summed E-state index contributed by atoms with van der Waals surface area (Å²) >= 11 is 5.90. The molecular weight excluding hydrogens is 238 g/mol. The number of hydrogen-bond acceptors (Lipinski definition) is 3. The summed E-state index contributed by atoms with van der Waals surface area (Å²) in [6, 6.07) is 11.6. The van der Waals surface area contributed by atoms with Gasteiger partial charge in [-0.25, -0.2) is 0 Å². The lowest BCUT2D eigenvalue weighted by Crippen LogP contribution is -2.13. The smallest absolute Gasteiger partial charge is 0.198 e. The largest absolute Gasteiger partial charge is 0.379 e. The molecule has 1 aromatic carbocycles. The van der Waals surface area contributed by atoms with E-state index in [0.29, 0.717) is 16.3 Å². The van der Waals surface area contributed by atoms with E-state index in [4.69, 9.17) is 11.6 Å². The van der Waals surface area contributed by atoms with Crippen LogP contribution in [0.15, 0.2) is 48.7 Å². The van der Waals surface area contributed by atoms with Crippen LogP contribution in [0.1, 0.15) is 22.2 Å². The van der Waals surface area contributed by atoms with Crippen LogP contribution in [0.25, 0.3) is 0 Å². The Kier molecular flexibility index (Phi) is 3.52. The van der Waals surface area contributed by atoms with E-state index in [1.165, 1.54) is 6.20 Å². The Balaban J connectivity index is 2.30. The van der Waals surface area contributed by atoms with Crippen molar-refractivity contribution in [1.29, 1.82) is 0 Å². The lowest BCUT2D eigenvalue weighted by atomic mass is 10.0. The van der Waals surface area contributed by atoms with Crippen molar-refractivity contribution in [3.63, 3.8) is 0 Å². The second kappa shape index (κ2) is 5.08. The third-order valence-electron chi connectivity index (χ3n) is 2.36. The zero-order valence-electron chi connectivity index (χ0n) is 8.88. The van der Waals surface area contributed by atoms with Crippen LogP contribution in [-0.2, 0) is 0 Å². The van der Waals surface area contributed by atoms with Crippen molar-refractivity contribution in [2.45, 2.75) is 6.10 Å². The van der Waals surface area contributed by atoms with Crippen molar-refractivity contribution in [2.75, 3.05) is 0 Å². The lowest BCUT2D eigenvalue weighted by molar-refractivity contribution is 0.0740. The van der Waals surface area contributed by atoms with Crippen molar-refractivity contribution in [3.05, 3.63) is 64.9 Å². The number of aliphatic hydroxyl groups excluding tert-OH is 1. The number of benzene rings is 1. The van der Waals surface area contributed by atoms with Crippen molar-refractivity contribution >= 4 is 17.4 Å². The maximum absolute atomic E-state index is 12.0. The molecule has 0 saturated carbocycles. The van der Waals surface area contributed by atoms with Gasteiger partial charge in [0.15, 0.2) is 11.9 Å². The van der Waals surface area contributed by atoms with E-state index < -0.39 is 11.9 Å². The zero-order chi connectivity index (χ0) is 12.3. The number of halogens is 1. The van der Waals surface area contributed by atoms with Crippen molar-refractivity contribution in [1.82, 2.24) is 4.98 Å². The topological polar surface area (TPSA) is 50.2 Å². The van der Waals surface area contributed by atoms with Gasteiger partial charge >= 0.3 is 0 Å². The maximum atomic E-state index is 12.0. The van der Waals surface area contributed by atoms with E-state index in [2.05, 4.69) is 4.98 Å². The summed E-state index contributed by atoms with van der Waals surface area (Å²) in [4.78, 5) is 15.9. The highest BCUT2D eigenvalue weighted by Crippen LogP contribution is 2.22. The molecule has 1 atom stereocenters. The summed E-state index contributed by atoms with van der Waals surface area (Å²) in [5.74, 6) is -0.450. The number of nitrogens with zero attached hydrogens (tertiary/aromatic N) is 1. The van der Waals surface area contributed by atoms with E-state index in [1.54, 1.807) is 42.5 Å². The average molecular weight is 248 g/mol. The minimum atomic E-state index is -1.28. The first-order valence-electron chi connectivity index (χ1n) is 5.08. The zero-order valence-corrected chi connectivity index (χ0v) is 9.63. The van der Waals surface area contributed by atoms with E-state index in [1.807, 2.05) is 0 Å². The molecule has 86 valence electrons. The Bertz CT molecular complexity index is 528. The van der Waals surface area contributed by atoms with Crippen LogP contribution >= 0.6 is 11.6 Å². The fourth-order valence-corrected chi connectivity index (χ4v) is 1.71. The fraction of sp³-hybridized carbons (Fsp3) is 0.0769. The lowest BCUT2D eigenvalue weighted by Gasteiger charge is -2.09. The minimum Gasteiger partial charge on any atom is -0.379 e. The molecule has 17 heavy (non-hydrogen) atoms. The molecule has 4 heteroatoms. The molecule has 2 aromatic rings. The second-order valence-corrected chi connectivity index (χ2v) is 3.91. The summed E-state index contributed by atoms with van der Waals surface area (Å²) in [7, 11) is 0. The van der Waals surface area contributed by atoms with Crippen molar-refractivity contribution in [2.24, 2.45) is 0 Å². The van der Waals surface area contributed by atoms with Crippen molar-refractivity contribution < 1.29 is 9.90 Å². The van der Waals surface area contributed by atoms with Gasteiger partial charge < -0.3 is 5.11 Å². The molecule has 1 unspecified atom stereocenters. The normalized spacial score (nSPS) is 12.1. The number of hydrogen-bond donors (Lipinski definition) is 1. The van der Waals surface area contributed by atoms with Gasteiger partial charge in [0.05, 0.1) is 10.7 Å². The SMILES string of the molecule is O=C(c1ccccc1Cl)C(O)c1ccccn1. The fourth-order valence-electron chi connectivity index (χ4n) is 1.48. The van der Waals surface area contributed by atoms with Gasteiger partial charge in [-0.1, -0.05) is 29.8 Å². The monoisotopic (exact) mass is 247 g/mol. The number of ketones is 1. The Morgan fingerprint density at radius 2 is 1.88 bits per heavy atom. The molecule has 0 aliphatic heterocycles. The summed E-state index contributed by atoms with van der Waals surface area (Å²) in [6.07, 6.45) is 0.245. The van der Waals surface area contributed by atoms with E-state index >= 15 is 0 Å². The molecule has 1 aromatic heterocycles. The molecule has 0 aliphatic rings. The Labute approximate surface area is 104 Å². The van der Waals surface area contributed by atoms with Crippen molar-refractivity contribution in [3.8, 4) is 0 Å². The quantitative estimate of drug-likeness (QED) is 0.849. The van der Waals surface area contributed by atoms with Crippen LogP contribution in [-0.4, -0.2) is 15.9 Å². The third kappa shape index (κ3) is 2.52. The van der Waals surface area contributed by atoms with Gasteiger partial charge in [0.25, 0.3) is 0 Å². The van der Waals surface area contributed by atoms with Gasteiger partial charge in [-0.05, 0) is 24.3 Å². The van der Waals surface area contributed by atoms with Crippen LogP contribution in [0.2, 0.25) is 5.02 Å². The van der Waals surface area contributed by atoms with Gasteiger partial charge in [0, 0.05) is 11.8 Å². The summed E-state index contributed by atoms with van der Waals surface area (Å²) < 4.78 is 0. The number of carbonyl (C=O) groups excluding carboxylic acids is 1. The van der Waals surface area contributed by atoms with Crippen LogP contribution < -0.4 is 0 Å². The first-order chi connectivity index (χ1) is 8.20. The molecular formula is C13H10ClNO2. The Hall–Kier alpha value is -1.71. The molecule has 3 nitrogen and oxygen atoms in total. The van der Waals surface area contributed by atoms with Crippen LogP contribution in [0.5, 0.6) is 0 Å². The molecule has 0 radical (unpaired) electrons. The minimum absolute atomic E-state index is 0.298. The molecule has 0 spiro atoms. The standard InChI is InChI=1S/C13H10ClNO2/c14-10-6-2-1-5-9(10)12(16)13(17)11-7-3-4-8-15-11/h1-8,13,17H. The van der Waals surface area contributed by atoms with E-state index in [9.17, 15) is 9.90 Å². The second-order valence-electron chi connectivity index (χ2n) is 3.50. The van der Waals surface area contributed by atoms with Gasteiger partial charge in [-0.15, -0.1) is 0 Å². The van der Waals surface area contributed by atoms with Crippen LogP contribution in [0.3, 0.4) is 0 Å². The Morgan fingerprint density at radius 1 is 1.18 bits per heavy atom. The molecule has 0 aliphatic carbocycles. The van der Waals surface area contributed by atoms with E-state index in [0.717, 1.165) is 0 Å². The summed E-state index contributed by atoms with van der Waals surface area (Å²) in [5.41, 5.74) is 0.615. The molecule has 1 heterocycles. The maximum Gasteiger partial charge on any atom is 0.198 e. The molecule has 0 saturated heterocycles. The first kappa shape index (κ1) is 11.8. The molecule has 2 rings (SSSR count).